The summed E-state index contributed by atoms with van der Waals surface area (Å²) in [4.78, 5) is 14.4. The molecule has 0 saturated carbocycles. The number of nitrogens with zero attached hydrogens (tertiary/aromatic N) is 5. The van der Waals surface area contributed by atoms with Crippen LogP contribution in [0.25, 0.3) is 0 Å². The van der Waals surface area contributed by atoms with Gasteiger partial charge >= 0.3 is 0 Å². The molecule has 1 saturated heterocycles. The predicted molar refractivity (Wildman–Crippen MR) is 100 cm³/mol. The lowest BCUT2D eigenvalue weighted by molar-refractivity contribution is 0.122. The third-order valence-electron chi connectivity index (χ3n) is 3.77. The number of phenolic OH excluding ortho intramolecular Hbond substituents is 1. The van der Waals surface area contributed by atoms with Crippen molar-refractivity contribution in [3.63, 3.8) is 0 Å². The van der Waals surface area contributed by atoms with Crippen molar-refractivity contribution in [2.75, 3.05) is 50.8 Å². The van der Waals surface area contributed by atoms with Crippen LogP contribution in [0.1, 0.15) is 5.56 Å². The van der Waals surface area contributed by atoms with E-state index in [2.05, 4.69) is 25.5 Å². The van der Waals surface area contributed by atoms with E-state index in [1.807, 2.05) is 4.90 Å². The first-order valence-electron chi connectivity index (χ1n) is 8.09. The largest absolute Gasteiger partial charge is 0.502 e. The van der Waals surface area contributed by atoms with Crippen LogP contribution in [0.3, 0.4) is 0 Å². The molecule has 0 aliphatic carbocycles. The molecule has 144 valence electrons. The van der Waals surface area contributed by atoms with Gasteiger partial charge in [0.05, 0.1) is 33.6 Å². The lowest BCUT2D eigenvalue weighted by Crippen LogP contribution is -2.37. The second-order valence-electron chi connectivity index (χ2n) is 5.47. The molecular weight excluding hydrogens is 376 g/mol. The number of phenols is 1. The van der Waals surface area contributed by atoms with Gasteiger partial charge in [-0.15, -0.1) is 0 Å². The number of aromatic hydroxyl groups is 1. The van der Waals surface area contributed by atoms with Crippen LogP contribution >= 0.6 is 11.6 Å². The summed E-state index contributed by atoms with van der Waals surface area (Å²) in [6.45, 7) is 2.57. The monoisotopic (exact) mass is 394 g/mol. The topological polar surface area (TPSA) is 114 Å². The van der Waals surface area contributed by atoms with Crippen molar-refractivity contribution in [3.8, 4) is 17.2 Å². The number of halogens is 1. The average molecular weight is 395 g/mol. The number of hydrazone groups is 1. The molecule has 0 atom stereocenters. The van der Waals surface area contributed by atoms with E-state index in [1.54, 1.807) is 12.1 Å². The Kier molecular flexibility index (Phi) is 6.09. The highest BCUT2D eigenvalue weighted by Gasteiger charge is 2.16. The minimum atomic E-state index is -0.0792. The first-order valence-corrected chi connectivity index (χ1v) is 8.47. The summed E-state index contributed by atoms with van der Waals surface area (Å²) in [5.41, 5.74) is 3.37. The maximum Gasteiger partial charge on any atom is 0.249 e. The number of nitrogens with one attached hydrogen (secondary N) is 1. The number of aromatic nitrogens is 3. The maximum atomic E-state index is 9.94. The SMILES string of the molecule is COc1cc(/C=N/Nc2nc(Cl)nc(N3CCOCC3)n2)cc(OC)c1O. The Morgan fingerprint density at radius 3 is 2.48 bits per heavy atom. The second kappa shape index (κ2) is 8.69. The molecule has 27 heavy (non-hydrogen) atoms. The van der Waals surface area contributed by atoms with Gasteiger partial charge in [0.25, 0.3) is 0 Å². The van der Waals surface area contributed by atoms with Crippen molar-refractivity contribution in [2.45, 2.75) is 0 Å². The highest BCUT2D eigenvalue weighted by atomic mass is 35.5. The minimum absolute atomic E-state index is 0.0668. The third-order valence-corrected chi connectivity index (χ3v) is 3.94. The zero-order chi connectivity index (χ0) is 19.2. The number of anilines is 2. The molecule has 0 spiro atoms. The lowest BCUT2D eigenvalue weighted by Gasteiger charge is -2.26. The molecule has 0 bridgehead atoms. The molecule has 0 unspecified atom stereocenters. The van der Waals surface area contributed by atoms with Crippen LogP contribution in [-0.4, -0.2) is 66.8 Å². The quantitative estimate of drug-likeness (QED) is 0.556. The normalized spacial score (nSPS) is 14.4. The third kappa shape index (κ3) is 4.66. The molecule has 2 heterocycles. The Morgan fingerprint density at radius 2 is 1.85 bits per heavy atom. The van der Waals surface area contributed by atoms with Gasteiger partial charge < -0.3 is 24.2 Å². The molecule has 1 aromatic carbocycles. The van der Waals surface area contributed by atoms with E-state index in [-0.39, 0.29) is 28.5 Å². The Bertz CT molecular complexity index is 804. The van der Waals surface area contributed by atoms with E-state index in [0.717, 1.165) is 0 Å². The summed E-state index contributed by atoms with van der Waals surface area (Å²) < 4.78 is 15.5. The molecule has 3 rings (SSSR count). The first-order chi connectivity index (χ1) is 13.1. The van der Waals surface area contributed by atoms with Crippen molar-refractivity contribution in [1.82, 2.24) is 15.0 Å². The van der Waals surface area contributed by atoms with Gasteiger partial charge in [-0.3, -0.25) is 0 Å². The molecule has 1 aromatic heterocycles. The van der Waals surface area contributed by atoms with Crippen LogP contribution in [0.4, 0.5) is 11.9 Å². The molecule has 1 fully saturated rings. The van der Waals surface area contributed by atoms with Crippen molar-refractivity contribution >= 4 is 29.7 Å². The maximum absolute atomic E-state index is 9.94. The lowest BCUT2D eigenvalue weighted by atomic mass is 10.2. The van der Waals surface area contributed by atoms with Gasteiger partial charge in [0.1, 0.15) is 0 Å². The summed E-state index contributed by atoms with van der Waals surface area (Å²) in [5, 5.41) is 14.1. The molecule has 11 heteroatoms. The zero-order valence-corrected chi connectivity index (χ0v) is 15.6. The fraction of sp³-hybridized carbons (Fsp3) is 0.375. The van der Waals surface area contributed by atoms with Gasteiger partial charge in [-0.05, 0) is 23.7 Å². The molecular formula is C16H19ClN6O4. The first kappa shape index (κ1) is 18.9. The Hall–Kier alpha value is -2.85. The highest BCUT2D eigenvalue weighted by molar-refractivity contribution is 6.28. The van der Waals surface area contributed by atoms with Gasteiger partial charge in [-0.2, -0.15) is 20.1 Å². The summed E-state index contributed by atoms with van der Waals surface area (Å²) >= 11 is 5.99. The molecule has 1 aliphatic rings. The fourth-order valence-corrected chi connectivity index (χ4v) is 2.60. The number of hydrogen-bond donors (Lipinski definition) is 2. The number of morpholine rings is 1. The van der Waals surface area contributed by atoms with Crippen LogP contribution in [0.2, 0.25) is 5.28 Å². The summed E-state index contributed by atoms with van der Waals surface area (Å²) in [7, 11) is 2.90. The number of methoxy groups -OCH3 is 2. The molecule has 2 N–H and O–H groups in total. The number of rotatable bonds is 6. The zero-order valence-electron chi connectivity index (χ0n) is 14.8. The van der Waals surface area contributed by atoms with E-state index < -0.39 is 0 Å². The van der Waals surface area contributed by atoms with E-state index in [4.69, 9.17) is 25.8 Å². The molecule has 0 radical (unpaired) electrons. The van der Waals surface area contributed by atoms with E-state index >= 15 is 0 Å². The average Bonchev–Trinajstić information content (AvgIpc) is 2.69. The number of benzene rings is 1. The van der Waals surface area contributed by atoms with E-state index in [0.29, 0.717) is 37.8 Å². The Morgan fingerprint density at radius 1 is 1.19 bits per heavy atom. The number of ether oxygens (including phenoxy) is 3. The molecule has 1 aliphatic heterocycles. The molecule has 10 nitrogen and oxygen atoms in total. The smallest absolute Gasteiger partial charge is 0.249 e. The van der Waals surface area contributed by atoms with Gasteiger partial charge in [0.2, 0.25) is 22.9 Å². The summed E-state index contributed by atoms with van der Waals surface area (Å²) in [6, 6.07) is 3.23. The van der Waals surface area contributed by atoms with Gasteiger partial charge in [-0.25, -0.2) is 5.43 Å². The second-order valence-corrected chi connectivity index (χ2v) is 5.81. The van der Waals surface area contributed by atoms with Crippen LogP contribution in [0.5, 0.6) is 17.2 Å². The van der Waals surface area contributed by atoms with Crippen molar-refractivity contribution in [3.05, 3.63) is 23.0 Å². The number of hydrogen-bond acceptors (Lipinski definition) is 10. The molecule has 2 aromatic rings. The van der Waals surface area contributed by atoms with E-state index in [9.17, 15) is 5.11 Å². The Labute approximate surface area is 160 Å². The van der Waals surface area contributed by atoms with Crippen molar-refractivity contribution < 1.29 is 19.3 Å². The summed E-state index contributed by atoms with van der Waals surface area (Å²) in [5.74, 6) is 1.14. The fourth-order valence-electron chi connectivity index (χ4n) is 2.45. The molecule has 0 amide bonds. The van der Waals surface area contributed by atoms with Crippen LogP contribution in [0, 0.1) is 0 Å². The predicted octanol–water partition coefficient (Wildman–Crippen LogP) is 1.53. The van der Waals surface area contributed by atoms with Gasteiger partial charge in [0, 0.05) is 18.7 Å². The minimum Gasteiger partial charge on any atom is -0.502 e. The van der Waals surface area contributed by atoms with Crippen molar-refractivity contribution in [1.29, 1.82) is 0 Å². The Balaban J connectivity index is 1.75. The van der Waals surface area contributed by atoms with Crippen LogP contribution in [0.15, 0.2) is 17.2 Å². The summed E-state index contributed by atoms with van der Waals surface area (Å²) in [6.07, 6.45) is 1.51. The van der Waals surface area contributed by atoms with Gasteiger partial charge in [0.15, 0.2) is 11.5 Å². The van der Waals surface area contributed by atoms with Crippen LogP contribution in [-0.2, 0) is 4.74 Å². The van der Waals surface area contributed by atoms with Crippen molar-refractivity contribution in [2.24, 2.45) is 5.10 Å². The van der Waals surface area contributed by atoms with E-state index in [1.165, 1.54) is 20.4 Å². The van der Waals surface area contributed by atoms with Crippen LogP contribution < -0.4 is 19.8 Å². The highest BCUT2D eigenvalue weighted by Crippen LogP contribution is 2.36. The van der Waals surface area contributed by atoms with Gasteiger partial charge in [-0.1, -0.05) is 0 Å². The standard InChI is InChI=1S/C16H19ClN6O4/c1-25-11-7-10(8-12(26-2)13(11)24)9-18-22-15-19-14(17)20-16(21-15)23-3-5-27-6-4-23/h7-9,24H,3-6H2,1-2H3,(H,19,20,21,22)/b18-9+.